The lowest BCUT2D eigenvalue weighted by Gasteiger charge is -2.35. The van der Waals surface area contributed by atoms with Crippen molar-refractivity contribution in [3.05, 3.63) is 17.5 Å². The van der Waals surface area contributed by atoms with Crippen LogP contribution in [0.5, 0.6) is 0 Å². The zero-order chi connectivity index (χ0) is 18.0. The molecule has 1 aliphatic heterocycles. The zero-order valence-electron chi connectivity index (χ0n) is 12.1. The number of nitrogens with one attached hydrogen (secondary N) is 2. The van der Waals surface area contributed by atoms with E-state index in [0.29, 0.717) is 0 Å². The molecule has 6 nitrogen and oxygen atoms in total. The molecule has 1 aromatic rings. The molecule has 3 N–H and O–H groups in total. The molecular weight excluding hydrogens is 346 g/mol. The third-order valence-electron chi connectivity index (χ3n) is 3.57. The van der Waals surface area contributed by atoms with E-state index in [1.807, 2.05) is 5.43 Å². The number of hydrazone groups is 1. The van der Waals surface area contributed by atoms with E-state index in [4.69, 9.17) is 9.84 Å². The highest BCUT2D eigenvalue weighted by molar-refractivity contribution is 5.65. The van der Waals surface area contributed by atoms with E-state index in [-0.39, 0.29) is 12.0 Å². The normalized spacial score (nSPS) is 24.4. The Bertz CT molecular complexity index is 585. The number of halogens is 6. The number of rotatable bonds is 6. The maximum atomic E-state index is 13.4. The first-order valence-corrected chi connectivity index (χ1v) is 6.83. The second-order valence-corrected chi connectivity index (χ2v) is 5.11. The van der Waals surface area contributed by atoms with Gasteiger partial charge in [-0.2, -0.15) is 36.5 Å². The maximum Gasteiger partial charge on any atom is 0.438 e. The van der Waals surface area contributed by atoms with E-state index < -0.39 is 49.3 Å². The average Bonchev–Trinajstić information content (AvgIpc) is 3.06. The Morgan fingerprint density at radius 3 is 2.54 bits per heavy atom. The van der Waals surface area contributed by atoms with E-state index >= 15 is 0 Å². The Kier molecular flexibility index (Phi) is 5.08. The molecule has 0 saturated heterocycles. The Morgan fingerprint density at radius 1 is 1.25 bits per heavy atom. The van der Waals surface area contributed by atoms with Crippen molar-refractivity contribution < 1.29 is 36.2 Å². The van der Waals surface area contributed by atoms with Crippen LogP contribution in [-0.2, 0) is 17.3 Å². The number of ether oxygens (including phenoxy) is 1. The second-order valence-electron chi connectivity index (χ2n) is 5.11. The summed E-state index contributed by atoms with van der Waals surface area (Å²) in [4.78, 5) is 0. The highest BCUT2D eigenvalue weighted by Gasteiger charge is 2.62. The van der Waals surface area contributed by atoms with Crippen LogP contribution in [0, 0.1) is 5.92 Å². The first-order chi connectivity index (χ1) is 11.1. The summed E-state index contributed by atoms with van der Waals surface area (Å²) in [5, 5.41) is 17.2. The molecule has 1 aliphatic rings. The van der Waals surface area contributed by atoms with Gasteiger partial charge in [0.05, 0.1) is 18.7 Å². The van der Waals surface area contributed by atoms with Crippen molar-refractivity contribution in [3.63, 3.8) is 0 Å². The molecule has 2 unspecified atom stereocenters. The Labute approximate surface area is 131 Å². The van der Waals surface area contributed by atoms with Gasteiger partial charge in [0.1, 0.15) is 5.69 Å². The lowest BCUT2D eigenvalue weighted by molar-refractivity contribution is -0.299. The van der Waals surface area contributed by atoms with Crippen LogP contribution in [0.15, 0.2) is 11.3 Å². The van der Waals surface area contributed by atoms with Crippen molar-refractivity contribution in [1.82, 2.24) is 15.6 Å². The Hall–Kier alpha value is -1.82. The van der Waals surface area contributed by atoms with Crippen LogP contribution in [0.1, 0.15) is 17.7 Å². The molecule has 0 saturated carbocycles. The number of alkyl halides is 6. The van der Waals surface area contributed by atoms with Crippen LogP contribution in [0.4, 0.5) is 26.3 Å². The van der Waals surface area contributed by atoms with Gasteiger partial charge in [-0.25, -0.2) is 0 Å². The fraction of sp³-hybridized carbons (Fsp3) is 0.667. The molecule has 0 amide bonds. The molecule has 136 valence electrons. The number of H-pyrrole nitrogens is 1. The molecule has 0 spiro atoms. The average molecular weight is 360 g/mol. The third kappa shape index (κ3) is 3.48. The smallest absolute Gasteiger partial charge is 0.396 e. The van der Waals surface area contributed by atoms with Gasteiger partial charge in [-0.1, -0.05) is 0 Å². The molecule has 24 heavy (non-hydrogen) atoms. The van der Waals surface area contributed by atoms with Crippen molar-refractivity contribution >= 4 is 6.21 Å². The van der Waals surface area contributed by atoms with Gasteiger partial charge in [-0.05, 0) is 12.8 Å². The number of nitrogens with zero attached hydrogens (tertiary/aromatic N) is 2. The number of aromatic amines is 1. The van der Waals surface area contributed by atoms with Gasteiger partial charge < -0.3 is 9.84 Å². The van der Waals surface area contributed by atoms with Gasteiger partial charge in [-0.15, -0.1) is 0 Å². The van der Waals surface area contributed by atoms with Gasteiger partial charge in [0.2, 0.25) is 0 Å². The molecule has 0 fully saturated rings. The van der Waals surface area contributed by atoms with Crippen LogP contribution in [-0.4, -0.2) is 46.6 Å². The Balaban J connectivity index is 2.09. The number of hydrogen-bond acceptors (Lipinski definition) is 5. The first-order valence-electron chi connectivity index (χ1n) is 6.83. The summed E-state index contributed by atoms with van der Waals surface area (Å²) >= 11 is 0. The summed E-state index contributed by atoms with van der Waals surface area (Å²) in [7, 11) is 0. The van der Waals surface area contributed by atoms with Crippen molar-refractivity contribution in [2.75, 3.05) is 13.2 Å². The minimum atomic E-state index is -4.88. The summed E-state index contributed by atoms with van der Waals surface area (Å²) in [5.74, 6) is -1.30. The van der Waals surface area contributed by atoms with E-state index in [0.717, 1.165) is 12.4 Å². The van der Waals surface area contributed by atoms with Crippen LogP contribution >= 0.6 is 0 Å². The standard InChI is InChI=1S/C12H14F6N4O2/c13-11(14,15)9-7(5-19-21-9)2-4-24-10(12(16,17)18)8(1-3-23)6-20-22-10/h5-6,8,22-23H,1-4H2,(H,19,21). The molecule has 2 rings (SSSR count). The molecule has 2 atom stereocenters. The highest BCUT2D eigenvalue weighted by atomic mass is 19.4. The highest BCUT2D eigenvalue weighted by Crippen LogP contribution is 2.40. The fourth-order valence-electron chi connectivity index (χ4n) is 2.39. The number of hydrogen-bond donors (Lipinski definition) is 3. The summed E-state index contributed by atoms with van der Waals surface area (Å²) in [6.07, 6.45) is -8.43. The van der Waals surface area contributed by atoms with E-state index in [2.05, 4.69) is 10.2 Å². The third-order valence-corrected chi connectivity index (χ3v) is 3.57. The summed E-state index contributed by atoms with van der Waals surface area (Å²) in [5.41, 5.74) is -2.48. The second kappa shape index (κ2) is 6.59. The van der Waals surface area contributed by atoms with Gasteiger partial charge in [0.25, 0.3) is 5.72 Å². The molecule has 0 radical (unpaired) electrons. The molecule has 0 aliphatic carbocycles. The van der Waals surface area contributed by atoms with Crippen LogP contribution in [0.3, 0.4) is 0 Å². The zero-order valence-corrected chi connectivity index (χ0v) is 12.1. The Morgan fingerprint density at radius 2 is 1.96 bits per heavy atom. The molecule has 1 aromatic heterocycles. The van der Waals surface area contributed by atoms with Crippen molar-refractivity contribution in [3.8, 4) is 0 Å². The fourth-order valence-corrected chi connectivity index (χ4v) is 2.39. The molecular formula is C12H14F6N4O2. The number of aromatic nitrogens is 2. The minimum Gasteiger partial charge on any atom is -0.396 e. The molecule has 2 heterocycles. The number of aliphatic hydroxyl groups excluding tert-OH is 1. The van der Waals surface area contributed by atoms with Crippen molar-refractivity contribution in [2.24, 2.45) is 11.0 Å². The summed E-state index contributed by atoms with van der Waals surface area (Å²) < 4.78 is 83.1. The largest absolute Gasteiger partial charge is 0.438 e. The predicted octanol–water partition coefficient (Wildman–Crippen LogP) is 1.83. The molecule has 12 heteroatoms. The van der Waals surface area contributed by atoms with E-state index in [1.165, 1.54) is 0 Å². The quantitative estimate of drug-likeness (QED) is 0.676. The maximum absolute atomic E-state index is 13.4. The monoisotopic (exact) mass is 360 g/mol. The van der Waals surface area contributed by atoms with Crippen molar-refractivity contribution in [1.29, 1.82) is 0 Å². The minimum absolute atomic E-state index is 0.268. The van der Waals surface area contributed by atoms with Crippen LogP contribution < -0.4 is 5.43 Å². The topological polar surface area (TPSA) is 82.5 Å². The lowest BCUT2D eigenvalue weighted by Crippen LogP contribution is -2.59. The summed E-state index contributed by atoms with van der Waals surface area (Å²) in [6, 6.07) is 0. The van der Waals surface area contributed by atoms with Crippen LogP contribution in [0.25, 0.3) is 0 Å². The number of aliphatic hydroxyl groups is 1. The first kappa shape index (κ1) is 18.5. The molecule has 0 aromatic carbocycles. The predicted molar refractivity (Wildman–Crippen MR) is 68.9 cm³/mol. The van der Waals surface area contributed by atoms with Gasteiger partial charge in [-0.3, -0.25) is 10.5 Å². The lowest BCUT2D eigenvalue weighted by atomic mass is 9.94. The van der Waals surface area contributed by atoms with E-state index in [9.17, 15) is 26.3 Å². The summed E-state index contributed by atoms with van der Waals surface area (Å²) in [6.45, 7) is -1.18. The van der Waals surface area contributed by atoms with Gasteiger partial charge in [0.15, 0.2) is 0 Å². The van der Waals surface area contributed by atoms with Crippen LogP contribution in [0.2, 0.25) is 0 Å². The molecule has 0 bridgehead atoms. The van der Waals surface area contributed by atoms with Gasteiger partial charge >= 0.3 is 12.4 Å². The van der Waals surface area contributed by atoms with Gasteiger partial charge in [0, 0.05) is 18.4 Å². The SMILES string of the molecule is OCCC1C=NNC1(OCCc1cn[nH]c1C(F)(F)F)C(F)(F)F. The van der Waals surface area contributed by atoms with Crippen molar-refractivity contribution in [2.45, 2.75) is 30.9 Å². The van der Waals surface area contributed by atoms with E-state index in [1.54, 1.807) is 5.10 Å².